The molecule has 2 aliphatic rings. The maximum absolute atomic E-state index is 13.5. The topological polar surface area (TPSA) is 59.8 Å². The van der Waals surface area contributed by atoms with Crippen LogP contribution in [0.4, 0.5) is 10.3 Å². The van der Waals surface area contributed by atoms with Gasteiger partial charge in [0.05, 0.1) is 0 Å². The van der Waals surface area contributed by atoms with E-state index in [-0.39, 0.29) is 17.6 Å². The van der Waals surface area contributed by atoms with Crippen LogP contribution in [0.2, 0.25) is 0 Å². The molecule has 1 aliphatic heterocycles. The van der Waals surface area contributed by atoms with Crippen molar-refractivity contribution in [3.05, 3.63) is 82.3 Å². The second kappa shape index (κ2) is 7.72. The fourth-order valence-corrected chi connectivity index (χ4v) is 4.93. The molecule has 0 saturated heterocycles. The Morgan fingerprint density at radius 2 is 2.07 bits per heavy atom. The van der Waals surface area contributed by atoms with E-state index < -0.39 is 0 Å². The predicted octanol–water partition coefficient (Wildman–Crippen LogP) is 5.04. The standard InChI is InChI=1S/C23H21FN4OS/c1-14-6-2-3-9-17(14)21-20-18(10-5-11-19(20)29)25-22-26-23(27-28(21)22)30-13-15-7-4-8-16(24)12-15/h2-4,6-9,12,21H,5,10-11,13H2,1H3,(H,25,26,27)/t21-/m1/s1. The zero-order valence-corrected chi connectivity index (χ0v) is 17.4. The maximum Gasteiger partial charge on any atom is 0.227 e. The number of rotatable bonds is 4. The maximum atomic E-state index is 13.5. The Balaban J connectivity index is 1.52. The minimum atomic E-state index is -0.277. The highest BCUT2D eigenvalue weighted by Crippen LogP contribution is 2.41. The molecule has 0 fully saturated rings. The molecule has 152 valence electrons. The molecule has 1 aliphatic carbocycles. The summed E-state index contributed by atoms with van der Waals surface area (Å²) in [6, 6.07) is 14.4. The number of nitrogens with zero attached hydrogens (tertiary/aromatic N) is 3. The summed E-state index contributed by atoms with van der Waals surface area (Å²) in [7, 11) is 0. The lowest BCUT2D eigenvalue weighted by Gasteiger charge is -2.32. The Bertz CT molecular complexity index is 1170. The van der Waals surface area contributed by atoms with Crippen LogP contribution in [0.3, 0.4) is 0 Å². The first-order valence-electron chi connectivity index (χ1n) is 10.0. The number of aromatic nitrogens is 3. The van der Waals surface area contributed by atoms with Crippen LogP contribution < -0.4 is 5.32 Å². The van der Waals surface area contributed by atoms with Crippen LogP contribution in [0.25, 0.3) is 0 Å². The number of nitrogens with one attached hydrogen (secondary N) is 1. The molecule has 5 nitrogen and oxygen atoms in total. The Labute approximate surface area is 178 Å². The van der Waals surface area contributed by atoms with Gasteiger partial charge in [-0.2, -0.15) is 4.98 Å². The first kappa shape index (κ1) is 19.1. The van der Waals surface area contributed by atoms with Crippen LogP contribution in [-0.4, -0.2) is 20.5 Å². The molecule has 30 heavy (non-hydrogen) atoms. The normalized spacial score (nSPS) is 18.1. The predicted molar refractivity (Wildman–Crippen MR) is 115 cm³/mol. The van der Waals surface area contributed by atoms with Crippen LogP contribution in [0.15, 0.2) is 65.0 Å². The third-order valence-electron chi connectivity index (χ3n) is 5.59. The molecule has 0 bridgehead atoms. The average molecular weight is 421 g/mol. The SMILES string of the molecule is Cc1ccccc1[C@@H]1C2=C(CCCC2=O)Nc2nc(SCc3cccc(F)c3)nn21. The Hall–Kier alpha value is -2.93. The van der Waals surface area contributed by atoms with E-state index in [1.807, 2.05) is 22.9 Å². The van der Waals surface area contributed by atoms with Crippen LogP contribution in [0.1, 0.15) is 42.0 Å². The third kappa shape index (κ3) is 3.43. The van der Waals surface area contributed by atoms with E-state index in [4.69, 9.17) is 5.10 Å². The van der Waals surface area contributed by atoms with E-state index in [1.54, 1.807) is 6.07 Å². The first-order valence-corrected chi connectivity index (χ1v) is 11.0. The highest BCUT2D eigenvalue weighted by molar-refractivity contribution is 7.98. The van der Waals surface area contributed by atoms with E-state index in [0.29, 0.717) is 23.3 Å². The number of benzene rings is 2. The Morgan fingerprint density at radius 3 is 2.90 bits per heavy atom. The Morgan fingerprint density at radius 1 is 1.20 bits per heavy atom. The number of carbonyl (C=O) groups is 1. The molecule has 5 rings (SSSR count). The van der Waals surface area contributed by atoms with Gasteiger partial charge in [-0.25, -0.2) is 9.07 Å². The van der Waals surface area contributed by atoms with Gasteiger partial charge in [0.15, 0.2) is 5.78 Å². The van der Waals surface area contributed by atoms with Gasteiger partial charge in [-0.15, -0.1) is 5.10 Å². The molecule has 2 aromatic carbocycles. The van der Waals surface area contributed by atoms with Crippen molar-refractivity contribution in [2.45, 2.75) is 43.1 Å². The van der Waals surface area contributed by atoms with Crippen molar-refractivity contribution in [3.8, 4) is 0 Å². The number of hydrogen-bond donors (Lipinski definition) is 1. The van der Waals surface area contributed by atoms with Crippen LogP contribution in [0, 0.1) is 12.7 Å². The first-order chi connectivity index (χ1) is 14.6. The van der Waals surface area contributed by atoms with Crippen molar-refractivity contribution in [2.24, 2.45) is 0 Å². The van der Waals surface area contributed by atoms with Crippen molar-refractivity contribution < 1.29 is 9.18 Å². The van der Waals surface area contributed by atoms with Crippen molar-refractivity contribution in [2.75, 3.05) is 5.32 Å². The fraction of sp³-hybridized carbons (Fsp3) is 0.261. The zero-order chi connectivity index (χ0) is 20.7. The summed E-state index contributed by atoms with van der Waals surface area (Å²) in [6.45, 7) is 2.06. The number of thioether (sulfide) groups is 1. The van der Waals surface area contributed by atoms with Crippen LogP contribution >= 0.6 is 11.8 Å². The summed E-state index contributed by atoms with van der Waals surface area (Å²) in [4.78, 5) is 17.6. The largest absolute Gasteiger partial charge is 0.328 e. The molecule has 2 heterocycles. The summed E-state index contributed by atoms with van der Waals surface area (Å²) < 4.78 is 15.3. The van der Waals surface area contributed by atoms with E-state index in [2.05, 4.69) is 29.4 Å². The Kier molecular flexibility index (Phi) is 4.90. The van der Waals surface area contributed by atoms with Gasteiger partial charge >= 0.3 is 0 Å². The summed E-state index contributed by atoms with van der Waals surface area (Å²) >= 11 is 1.46. The number of Topliss-reactive ketones (excluding diaryl/α,β-unsaturated/α-hetero) is 1. The van der Waals surface area contributed by atoms with Crippen molar-refractivity contribution in [1.29, 1.82) is 0 Å². The third-order valence-corrected chi connectivity index (χ3v) is 6.50. The number of allylic oxidation sites excluding steroid dienone is 2. The lowest BCUT2D eigenvalue weighted by molar-refractivity contribution is -0.116. The molecule has 1 aromatic heterocycles. The van der Waals surface area contributed by atoms with Gasteiger partial charge in [0.25, 0.3) is 0 Å². The molecule has 0 unspecified atom stereocenters. The summed E-state index contributed by atoms with van der Waals surface area (Å²) in [6.07, 6.45) is 2.25. The van der Waals surface area contributed by atoms with Gasteiger partial charge in [0, 0.05) is 23.4 Å². The van der Waals surface area contributed by atoms with Gasteiger partial charge in [0.2, 0.25) is 11.1 Å². The molecule has 1 N–H and O–H groups in total. The van der Waals surface area contributed by atoms with Crippen molar-refractivity contribution in [3.63, 3.8) is 0 Å². The highest BCUT2D eigenvalue weighted by atomic mass is 32.2. The number of ketones is 1. The summed E-state index contributed by atoms with van der Waals surface area (Å²) in [5.41, 5.74) is 4.82. The molecule has 0 amide bonds. The molecule has 0 saturated carbocycles. The van der Waals surface area contributed by atoms with Gasteiger partial charge < -0.3 is 5.32 Å². The zero-order valence-electron chi connectivity index (χ0n) is 16.6. The molecular formula is C23H21FN4OS. The van der Waals surface area contributed by atoms with Crippen molar-refractivity contribution >= 4 is 23.5 Å². The average Bonchev–Trinajstić information content (AvgIpc) is 3.14. The number of anilines is 1. The molecule has 1 atom stereocenters. The number of aryl methyl sites for hydroxylation is 1. The quantitative estimate of drug-likeness (QED) is 0.599. The van der Waals surface area contributed by atoms with E-state index in [1.165, 1.54) is 23.9 Å². The number of halogens is 1. The molecular weight excluding hydrogens is 399 g/mol. The molecule has 3 aromatic rings. The lowest BCUT2D eigenvalue weighted by Crippen LogP contribution is -2.31. The van der Waals surface area contributed by atoms with E-state index in [9.17, 15) is 9.18 Å². The summed E-state index contributed by atoms with van der Waals surface area (Å²) in [5.74, 6) is 1.15. The fourth-order valence-electron chi connectivity index (χ4n) is 4.15. The minimum absolute atomic E-state index is 0.173. The number of hydrogen-bond acceptors (Lipinski definition) is 5. The smallest absolute Gasteiger partial charge is 0.227 e. The lowest BCUT2D eigenvalue weighted by atomic mass is 9.84. The monoisotopic (exact) mass is 420 g/mol. The number of fused-ring (bicyclic) bond motifs is 1. The van der Waals surface area contributed by atoms with E-state index >= 15 is 0 Å². The van der Waals surface area contributed by atoms with Gasteiger partial charge in [-0.05, 0) is 48.6 Å². The van der Waals surface area contributed by atoms with Gasteiger partial charge in [-0.3, -0.25) is 4.79 Å². The van der Waals surface area contributed by atoms with Crippen molar-refractivity contribution in [1.82, 2.24) is 14.8 Å². The van der Waals surface area contributed by atoms with E-state index in [0.717, 1.165) is 40.8 Å². The summed E-state index contributed by atoms with van der Waals surface area (Å²) in [5, 5.41) is 8.69. The molecule has 7 heteroatoms. The second-order valence-corrected chi connectivity index (χ2v) is 8.58. The van der Waals surface area contributed by atoms with Gasteiger partial charge in [0.1, 0.15) is 11.9 Å². The minimum Gasteiger partial charge on any atom is -0.328 e. The molecule has 0 radical (unpaired) electrons. The van der Waals surface area contributed by atoms with Gasteiger partial charge in [-0.1, -0.05) is 48.2 Å². The second-order valence-electron chi connectivity index (χ2n) is 7.63. The van der Waals surface area contributed by atoms with Crippen LogP contribution in [-0.2, 0) is 10.5 Å². The number of carbonyl (C=O) groups excluding carboxylic acids is 1. The molecule has 0 spiro atoms. The van der Waals surface area contributed by atoms with Crippen LogP contribution in [0.5, 0.6) is 0 Å². The highest BCUT2D eigenvalue weighted by Gasteiger charge is 2.37.